The lowest BCUT2D eigenvalue weighted by atomic mass is 10.0. The minimum atomic E-state index is -3.51. The minimum absolute atomic E-state index is 0.0872. The average molecular weight is 386 g/mol. The summed E-state index contributed by atoms with van der Waals surface area (Å²) in [4.78, 5) is 14.4. The van der Waals surface area contributed by atoms with Crippen LogP contribution in [0.2, 0.25) is 5.02 Å². The highest BCUT2D eigenvalue weighted by atomic mass is 35.5. The number of hydrogen-bond donors (Lipinski definition) is 0. The van der Waals surface area contributed by atoms with Crippen molar-refractivity contribution in [3.8, 4) is 0 Å². The highest BCUT2D eigenvalue weighted by Crippen LogP contribution is 2.41. The van der Waals surface area contributed by atoms with Gasteiger partial charge >= 0.3 is 6.09 Å². The zero-order valence-corrected chi connectivity index (χ0v) is 16.3. The van der Waals surface area contributed by atoms with Gasteiger partial charge in [0.2, 0.25) is 0 Å². The van der Waals surface area contributed by atoms with Crippen LogP contribution in [0.5, 0.6) is 0 Å². The summed E-state index contributed by atoms with van der Waals surface area (Å²) in [5, 5.41) is -0.256. The lowest BCUT2D eigenvalue weighted by molar-refractivity contribution is 0.00813. The fourth-order valence-corrected chi connectivity index (χ4v) is 6.22. The molecule has 7 heteroatoms. The number of carbonyl (C=O) groups excluding carboxylic acids is 1. The van der Waals surface area contributed by atoms with Crippen LogP contribution in [0.3, 0.4) is 0 Å². The van der Waals surface area contributed by atoms with E-state index < -0.39 is 20.7 Å². The van der Waals surface area contributed by atoms with E-state index in [9.17, 15) is 13.2 Å². The molecule has 1 amide bonds. The second-order valence-corrected chi connectivity index (χ2v) is 10.4. The van der Waals surface area contributed by atoms with E-state index in [-0.39, 0.29) is 28.1 Å². The van der Waals surface area contributed by atoms with Crippen molar-refractivity contribution < 1.29 is 17.9 Å². The Balaban J connectivity index is 1.80. The molecule has 3 atom stereocenters. The fraction of sp³-hybridized carbons (Fsp3) is 0.611. The van der Waals surface area contributed by atoms with Gasteiger partial charge in [-0.05, 0) is 58.6 Å². The summed E-state index contributed by atoms with van der Waals surface area (Å²) in [6.45, 7) is 5.50. The van der Waals surface area contributed by atoms with E-state index in [0.29, 0.717) is 12.8 Å². The molecule has 0 N–H and O–H groups in total. The van der Waals surface area contributed by atoms with E-state index in [2.05, 4.69) is 0 Å². The van der Waals surface area contributed by atoms with Gasteiger partial charge < -0.3 is 9.64 Å². The number of carbonyl (C=O) groups is 1. The first kappa shape index (κ1) is 18.5. The van der Waals surface area contributed by atoms with E-state index in [0.717, 1.165) is 12.8 Å². The predicted molar refractivity (Wildman–Crippen MR) is 96.5 cm³/mol. The van der Waals surface area contributed by atoms with Gasteiger partial charge in [-0.25, -0.2) is 13.2 Å². The number of halogens is 1. The van der Waals surface area contributed by atoms with Gasteiger partial charge in [-0.1, -0.05) is 23.7 Å². The second kappa shape index (κ2) is 6.47. The molecular weight excluding hydrogens is 362 g/mol. The molecule has 0 spiro atoms. The highest BCUT2D eigenvalue weighted by molar-refractivity contribution is 7.92. The van der Waals surface area contributed by atoms with Crippen molar-refractivity contribution >= 4 is 27.5 Å². The number of benzene rings is 1. The Bertz CT molecular complexity index is 758. The van der Waals surface area contributed by atoms with Gasteiger partial charge in [-0.2, -0.15) is 0 Å². The number of amides is 1. The SMILES string of the molecule is CC(C)(C)OC(=O)N1[C@@H]2CC[C@H]1CC(S(=O)(=O)c1ccccc1Cl)C2. The number of ether oxygens (including phenoxy) is 1. The van der Waals surface area contributed by atoms with E-state index in [1.807, 2.05) is 20.8 Å². The van der Waals surface area contributed by atoms with E-state index >= 15 is 0 Å². The van der Waals surface area contributed by atoms with Crippen LogP contribution in [-0.2, 0) is 14.6 Å². The topological polar surface area (TPSA) is 63.7 Å². The van der Waals surface area contributed by atoms with Crippen LogP contribution < -0.4 is 0 Å². The van der Waals surface area contributed by atoms with Crippen molar-refractivity contribution in [2.45, 2.75) is 74.3 Å². The van der Waals surface area contributed by atoms with Gasteiger partial charge in [0.25, 0.3) is 0 Å². The number of fused-ring (bicyclic) bond motifs is 2. The first-order valence-electron chi connectivity index (χ1n) is 8.59. The minimum Gasteiger partial charge on any atom is -0.444 e. The Kier molecular flexibility index (Phi) is 4.79. The molecule has 138 valence electrons. The number of nitrogens with zero attached hydrogens (tertiary/aromatic N) is 1. The third kappa shape index (κ3) is 3.65. The molecule has 2 saturated heterocycles. The van der Waals surface area contributed by atoms with E-state index in [1.54, 1.807) is 29.2 Å². The number of sulfone groups is 1. The number of rotatable bonds is 2. The summed E-state index contributed by atoms with van der Waals surface area (Å²) in [5.41, 5.74) is -0.559. The number of hydrogen-bond acceptors (Lipinski definition) is 4. The average Bonchev–Trinajstić information content (AvgIpc) is 2.76. The van der Waals surface area contributed by atoms with Gasteiger partial charge in [-0.15, -0.1) is 0 Å². The summed E-state index contributed by atoms with van der Waals surface area (Å²) in [5.74, 6) is 0. The summed E-state index contributed by atoms with van der Waals surface area (Å²) in [6.07, 6.45) is 2.16. The summed E-state index contributed by atoms with van der Waals surface area (Å²) in [6, 6.07) is 6.38. The van der Waals surface area contributed by atoms with Crippen LogP contribution in [0.1, 0.15) is 46.5 Å². The van der Waals surface area contributed by atoms with Crippen LogP contribution in [-0.4, -0.2) is 42.3 Å². The van der Waals surface area contributed by atoms with Gasteiger partial charge in [0.15, 0.2) is 9.84 Å². The Labute approximate surface area is 154 Å². The van der Waals surface area contributed by atoms with E-state index in [4.69, 9.17) is 16.3 Å². The monoisotopic (exact) mass is 385 g/mol. The molecule has 1 aromatic carbocycles. The third-order valence-electron chi connectivity index (χ3n) is 4.88. The van der Waals surface area contributed by atoms with Crippen LogP contribution in [0.15, 0.2) is 29.2 Å². The van der Waals surface area contributed by atoms with Crippen molar-refractivity contribution in [2.24, 2.45) is 0 Å². The van der Waals surface area contributed by atoms with Gasteiger partial charge in [0.05, 0.1) is 15.2 Å². The molecule has 3 rings (SSSR count). The third-order valence-corrected chi connectivity index (χ3v) is 7.55. The largest absolute Gasteiger partial charge is 0.444 e. The molecule has 2 heterocycles. The Hall–Kier alpha value is -1.27. The first-order chi connectivity index (χ1) is 11.6. The molecule has 2 aliphatic heterocycles. The summed E-state index contributed by atoms with van der Waals surface area (Å²) < 4.78 is 31.5. The molecule has 0 aliphatic carbocycles. The van der Waals surface area contributed by atoms with Crippen molar-refractivity contribution in [2.75, 3.05) is 0 Å². The Morgan fingerprint density at radius 2 is 1.72 bits per heavy atom. The molecule has 2 aliphatic rings. The second-order valence-electron chi connectivity index (χ2n) is 7.84. The fourth-order valence-electron chi connectivity index (χ4n) is 3.85. The molecule has 25 heavy (non-hydrogen) atoms. The normalized spacial score (nSPS) is 26.6. The van der Waals surface area contributed by atoms with Crippen molar-refractivity contribution in [1.82, 2.24) is 4.90 Å². The number of piperidine rings is 1. The molecule has 2 bridgehead atoms. The quantitative estimate of drug-likeness (QED) is 0.770. The van der Waals surface area contributed by atoms with E-state index in [1.165, 1.54) is 0 Å². The van der Waals surface area contributed by atoms with Crippen LogP contribution in [0, 0.1) is 0 Å². The molecule has 1 aromatic rings. The maximum absolute atomic E-state index is 13.0. The van der Waals surface area contributed by atoms with Crippen molar-refractivity contribution in [3.63, 3.8) is 0 Å². The molecule has 1 unspecified atom stereocenters. The molecule has 5 nitrogen and oxygen atoms in total. The standard InChI is InChI=1S/C18H24ClNO4S/c1-18(2,3)24-17(21)20-12-8-9-13(20)11-14(10-12)25(22,23)16-7-5-4-6-15(16)19/h4-7,12-14H,8-11H2,1-3H3/t12-,13+,14?. The summed E-state index contributed by atoms with van der Waals surface area (Å²) in [7, 11) is -3.51. The first-order valence-corrected chi connectivity index (χ1v) is 10.5. The summed E-state index contributed by atoms with van der Waals surface area (Å²) >= 11 is 6.10. The molecule has 2 fully saturated rings. The smallest absolute Gasteiger partial charge is 0.410 e. The highest BCUT2D eigenvalue weighted by Gasteiger charge is 2.48. The maximum Gasteiger partial charge on any atom is 0.410 e. The van der Waals surface area contributed by atoms with Crippen molar-refractivity contribution in [3.05, 3.63) is 29.3 Å². The van der Waals surface area contributed by atoms with Gasteiger partial charge in [0.1, 0.15) is 5.60 Å². The molecule has 0 radical (unpaired) electrons. The van der Waals surface area contributed by atoms with Crippen LogP contribution >= 0.6 is 11.6 Å². The zero-order valence-electron chi connectivity index (χ0n) is 14.7. The lowest BCUT2D eigenvalue weighted by Crippen LogP contribution is -2.51. The maximum atomic E-state index is 13.0. The van der Waals surface area contributed by atoms with Crippen LogP contribution in [0.4, 0.5) is 4.79 Å². The van der Waals surface area contributed by atoms with Crippen LogP contribution in [0.25, 0.3) is 0 Å². The lowest BCUT2D eigenvalue weighted by Gasteiger charge is -2.39. The van der Waals surface area contributed by atoms with Crippen molar-refractivity contribution in [1.29, 1.82) is 0 Å². The van der Waals surface area contributed by atoms with Gasteiger partial charge in [-0.3, -0.25) is 0 Å². The molecular formula is C18H24ClNO4S. The Morgan fingerprint density at radius 3 is 2.24 bits per heavy atom. The molecule has 0 aromatic heterocycles. The zero-order chi connectivity index (χ0) is 18.4. The predicted octanol–water partition coefficient (Wildman–Crippen LogP) is 4.04. The Morgan fingerprint density at radius 1 is 1.16 bits per heavy atom. The van der Waals surface area contributed by atoms with Gasteiger partial charge in [0, 0.05) is 12.1 Å². The molecule has 0 saturated carbocycles.